The Kier molecular flexibility index (Phi) is 5.34. The highest BCUT2D eigenvalue weighted by Gasteiger charge is 2.32. The Balaban J connectivity index is 1.21. The molecule has 0 radical (unpaired) electrons. The van der Waals surface area contributed by atoms with Gasteiger partial charge in [0.15, 0.2) is 9.84 Å². The van der Waals surface area contributed by atoms with E-state index in [2.05, 4.69) is 32.4 Å². The number of aromatic nitrogens is 1. The van der Waals surface area contributed by atoms with E-state index in [9.17, 15) is 13.2 Å². The number of unbranched alkanes of at least 4 members (excludes halogenated alkanes) is 1. The lowest BCUT2D eigenvalue weighted by molar-refractivity contribution is -0.126. The Labute approximate surface area is 163 Å². The molecule has 1 aromatic carbocycles. The van der Waals surface area contributed by atoms with Crippen molar-refractivity contribution in [3.63, 3.8) is 0 Å². The SMILES string of the molecule is O=C1CS(=O)(=O)CN1CCCCN1CCN(c2nsc3ccccc23)CC1. The number of carbonyl (C=O) groups is 1. The monoisotopic (exact) mass is 408 g/mol. The molecule has 146 valence electrons. The van der Waals surface area contributed by atoms with Gasteiger partial charge in [0.05, 0.1) is 4.70 Å². The summed E-state index contributed by atoms with van der Waals surface area (Å²) in [5.74, 6) is 0.426. The first-order valence-electron chi connectivity index (χ1n) is 9.32. The molecule has 2 aromatic rings. The van der Waals surface area contributed by atoms with Gasteiger partial charge in [0.2, 0.25) is 5.91 Å². The molecule has 3 heterocycles. The van der Waals surface area contributed by atoms with E-state index in [4.69, 9.17) is 0 Å². The van der Waals surface area contributed by atoms with Crippen LogP contribution < -0.4 is 4.90 Å². The standard InChI is InChI=1S/C18H24N4O3S2/c23-17-13-27(24,25)14-22(17)8-4-3-7-20-9-11-21(12-10-20)18-15-5-1-2-6-16(15)26-19-18/h1-2,5-6H,3-4,7-14H2. The number of amides is 1. The predicted octanol–water partition coefficient (Wildman–Crippen LogP) is 1.41. The van der Waals surface area contributed by atoms with Crippen molar-refractivity contribution < 1.29 is 13.2 Å². The van der Waals surface area contributed by atoms with Crippen molar-refractivity contribution in [3.8, 4) is 0 Å². The van der Waals surface area contributed by atoms with E-state index >= 15 is 0 Å². The minimum absolute atomic E-state index is 0.105. The van der Waals surface area contributed by atoms with Gasteiger partial charge in [-0.15, -0.1) is 0 Å². The maximum Gasteiger partial charge on any atom is 0.238 e. The number of sulfone groups is 1. The van der Waals surface area contributed by atoms with Gasteiger partial charge in [0, 0.05) is 38.1 Å². The third-order valence-electron chi connectivity index (χ3n) is 5.23. The third kappa shape index (κ3) is 4.25. The zero-order valence-corrected chi connectivity index (χ0v) is 16.8. The van der Waals surface area contributed by atoms with Crippen LogP contribution >= 0.6 is 11.5 Å². The average Bonchev–Trinajstić information content (AvgIpc) is 3.19. The molecule has 2 aliphatic rings. The lowest BCUT2D eigenvalue weighted by atomic mass is 10.2. The van der Waals surface area contributed by atoms with Gasteiger partial charge >= 0.3 is 0 Å². The molecule has 0 atom stereocenters. The van der Waals surface area contributed by atoms with Gasteiger partial charge in [-0.1, -0.05) is 12.1 Å². The molecule has 27 heavy (non-hydrogen) atoms. The number of fused-ring (bicyclic) bond motifs is 1. The molecule has 0 spiro atoms. The van der Waals surface area contributed by atoms with Crippen molar-refractivity contribution in [1.29, 1.82) is 0 Å². The Morgan fingerprint density at radius 2 is 1.78 bits per heavy atom. The highest BCUT2D eigenvalue weighted by atomic mass is 32.2. The topological polar surface area (TPSA) is 73.8 Å². The molecule has 0 unspecified atom stereocenters. The lowest BCUT2D eigenvalue weighted by Crippen LogP contribution is -2.46. The van der Waals surface area contributed by atoms with E-state index in [1.807, 2.05) is 6.07 Å². The summed E-state index contributed by atoms with van der Waals surface area (Å²) in [4.78, 5) is 17.9. The molecule has 9 heteroatoms. The highest BCUT2D eigenvalue weighted by molar-refractivity contribution is 7.92. The second kappa shape index (κ2) is 7.73. The van der Waals surface area contributed by atoms with Crippen LogP contribution in [-0.2, 0) is 14.6 Å². The number of anilines is 1. The fourth-order valence-corrected chi connectivity index (χ4v) is 5.94. The normalized spacial score (nSPS) is 20.7. The van der Waals surface area contributed by atoms with Crippen LogP contribution in [0.5, 0.6) is 0 Å². The Morgan fingerprint density at radius 1 is 1.04 bits per heavy atom. The van der Waals surface area contributed by atoms with Gasteiger partial charge in [-0.3, -0.25) is 9.69 Å². The minimum atomic E-state index is -3.19. The summed E-state index contributed by atoms with van der Waals surface area (Å²) in [5.41, 5.74) is 0. The first kappa shape index (κ1) is 18.6. The summed E-state index contributed by atoms with van der Waals surface area (Å²) in [6.07, 6.45) is 1.82. The quantitative estimate of drug-likeness (QED) is 0.673. The molecular weight excluding hydrogens is 384 g/mol. The van der Waals surface area contributed by atoms with Gasteiger partial charge in [0.25, 0.3) is 0 Å². The number of rotatable bonds is 6. The Morgan fingerprint density at radius 3 is 2.52 bits per heavy atom. The molecule has 7 nitrogen and oxygen atoms in total. The summed E-state index contributed by atoms with van der Waals surface area (Å²) in [6, 6.07) is 8.36. The second-order valence-corrected chi connectivity index (χ2v) is 10.1. The average molecular weight is 409 g/mol. The summed E-state index contributed by atoms with van der Waals surface area (Å²) in [5, 5.41) is 1.24. The summed E-state index contributed by atoms with van der Waals surface area (Å²) in [7, 11) is -3.19. The van der Waals surface area contributed by atoms with Crippen LogP contribution in [0, 0.1) is 0 Å². The molecule has 0 saturated carbocycles. The molecule has 2 aliphatic heterocycles. The fourth-order valence-electron chi connectivity index (χ4n) is 3.75. The number of carbonyl (C=O) groups excluding carboxylic acids is 1. The molecule has 2 fully saturated rings. The largest absolute Gasteiger partial charge is 0.353 e. The first-order valence-corrected chi connectivity index (χ1v) is 11.9. The molecule has 0 aliphatic carbocycles. The van der Waals surface area contributed by atoms with E-state index < -0.39 is 9.84 Å². The molecular formula is C18H24N4O3S2. The summed E-state index contributed by atoms with van der Waals surface area (Å²) < 4.78 is 28.8. The fraction of sp³-hybridized carbons (Fsp3) is 0.556. The highest BCUT2D eigenvalue weighted by Crippen LogP contribution is 2.29. The molecule has 0 bridgehead atoms. The van der Waals surface area contributed by atoms with Gasteiger partial charge in [0.1, 0.15) is 17.4 Å². The van der Waals surface area contributed by atoms with Crippen molar-refractivity contribution in [2.75, 3.05) is 55.8 Å². The Hall–Kier alpha value is -1.71. The van der Waals surface area contributed by atoms with Crippen LogP contribution in [0.15, 0.2) is 24.3 Å². The maximum atomic E-state index is 11.7. The Bertz CT molecular complexity index is 920. The van der Waals surface area contributed by atoms with Gasteiger partial charge < -0.3 is 9.80 Å². The molecule has 4 rings (SSSR count). The second-order valence-electron chi connectivity index (χ2n) is 7.21. The zero-order chi connectivity index (χ0) is 18.9. The maximum absolute atomic E-state index is 11.7. The zero-order valence-electron chi connectivity index (χ0n) is 15.2. The van der Waals surface area contributed by atoms with E-state index in [0.717, 1.165) is 51.4 Å². The third-order valence-corrected chi connectivity index (χ3v) is 7.44. The number of benzene rings is 1. The first-order chi connectivity index (χ1) is 13.0. The summed E-state index contributed by atoms with van der Waals surface area (Å²) >= 11 is 1.56. The lowest BCUT2D eigenvalue weighted by Gasteiger charge is -2.35. The van der Waals surface area contributed by atoms with Gasteiger partial charge in [-0.25, -0.2) is 8.42 Å². The predicted molar refractivity (Wildman–Crippen MR) is 108 cm³/mol. The van der Waals surface area contributed by atoms with Crippen LogP contribution in [0.2, 0.25) is 0 Å². The van der Waals surface area contributed by atoms with Crippen LogP contribution in [-0.4, -0.2) is 79.4 Å². The molecule has 0 N–H and O–H groups in total. The molecule has 1 amide bonds. The van der Waals surface area contributed by atoms with Crippen molar-refractivity contribution in [3.05, 3.63) is 24.3 Å². The van der Waals surface area contributed by atoms with Gasteiger partial charge in [-0.2, -0.15) is 4.37 Å². The number of hydrogen-bond acceptors (Lipinski definition) is 7. The van der Waals surface area contributed by atoms with Crippen LogP contribution in [0.1, 0.15) is 12.8 Å². The van der Waals surface area contributed by atoms with Crippen LogP contribution in [0.25, 0.3) is 10.1 Å². The number of hydrogen-bond donors (Lipinski definition) is 0. The molecule has 1 aromatic heterocycles. The van der Waals surface area contributed by atoms with Crippen molar-refractivity contribution in [2.24, 2.45) is 0 Å². The van der Waals surface area contributed by atoms with Crippen molar-refractivity contribution in [1.82, 2.24) is 14.2 Å². The van der Waals surface area contributed by atoms with Crippen molar-refractivity contribution in [2.45, 2.75) is 12.8 Å². The summed E-state index contributed by atoms with van der Waals surface area (Å²) in [6.45, 7) is 5.47. The van der Waals surface area contributed by atoms with Crippen molar-refractivity contribution >= 4 is 43.2 Å². The minimum Gasteiger partial charge on any atom is -0.353 e. The van der Waals surface area contributed by atoms with E-state index in [0.29, 0.717) is 6.54 Å². The molecule has 2 saturated heterocycles. The smallest absolute Gasteiger partial charge is 0.238 e. The van der Waals surface area contributed by atoms with E-state index in [1.165, 1.54) is 15.0 Å². The van der Waals surface area contributed by atoms with E-state index in [1.54, 1.807) is 11.5 Å². The van der Waals surface area contributed by atoms with Crippen LogP contribution in [0.4, 0.5) is 5.82 Å². The number of nitrogens with zero attached hydrogens (tertiary/aromatic N) is 4. The van der Waals surface area contributed by atoms with E-state index in [-0.39, 0.29) is 17.5 Å². The van der Waals surface area contributed by atoms with Crippen LogP contribution in [0.3, 0.4) is 0 Å². The van der Waals surface area contributed by atoms with Gasteiger partial charge in [-0.05, 0) is 43.1 Å². The number of piperazine rings is 1.